The molecule has 1 unspecified atom stereocenters. The van der Waals surface area contributed by atoms with Crippen LogP contribution in [0.4, 0.5) is 0 Å². The van der Waals surface area contributed by atoms with Gasteiger partial charge in [-0.1, -0.05) is 0 Å². The maximum absolute atomic E-state index is 11.6. The lowest BCUT2D eigenvalue weighted by Gasteiger charge is -2.11. The van der Waals surface area contributed by atoms with Gasteiger partial charge in [0, 0.05) is 12.5 Å². The molecule has 1 aliphatic heterocycles. The molecule has 0 aliphatic carbocycles. The van der Waals surface area contributed by atoms with Gasteiger partial charge in [0.2, 0.25) is 0 Å². The summed E-state index contributed by atoms with van der Waals surface area (Å²) < 4.78 is 10.2. The zero-order chi connectivity index (χ0) is 12.3. The largest absolute Gasteiger partial charge is 0.468 e. The first kappa shape index (κ1) is 11.7. The number of amides is 1. The molecule has 1 aliphatic rings. The molecule has 0 radical (unpaired) electrons. The third kappa shape index (κ3) is 2.49. The zero-order valence-electron chi connectivity index (χ0n) is 9.69. The smallest absolute Gasteiger partial charge is 0.306 e. The van der Waals surface area contributed by atoms with Crippen molar-refractivity contribution in [1.82, 2.24) is 5.32 Å². The maximum atomic E-state index is 11.6. The molecule has 0 fully saturated rings. The summed E-state index contributed by atoms with van der Waals surface area (Å²) in [6.45, 7) is 2.69. The average Bonchev–Trinajstić information content (AvgIpc) is 2.72. The lowest BCUT2D eigenvalue weighted by molar-refractivity contribution is -0.143. The lowest BCUT2D eigenvalue weighted by Crippen LogP contribution is -2.22. The maximum Gasteiger partial charge on any atom is 0.306 e. The molecule has 5 heteroatoms. The van der Waals surface area contributed by atoms with E-state index >= 15 is 0 Å². The third-order valence-electron chi connectivity index (χ3n) is 2.81. The molecule has 1 atom stereocenters. The van der Waals surface area contributed by atoms with Crippen LogP contribution in [-0.2, 0) is 9.53 Å². The van der Waals surface area contributed by atoms with Crippen molar-refractivity contribution in [3.63, 3.8) is 0 Å². The second-order valence-corrected chi connectivity index (χ2v) is 3.95. The van der Waals surface area contributed by atoms with E-state index in [1.807, 2.05) is 0 Å². The Labute approximate surface area is 99.1 Å². The molecule has 0 bridgehead atoms. The highest BCUT2D eigenvalue weighted by molar-refractivity contribution is 5.95. The second kappa shape index (κ2) is 5.03. The molecule has 1 aromatic heterocycles. The number of esters is 1. The first-order chi connectivity index (χ1) is 8.22. The van der Waals surface area contributed by atoms with Crippen LogP contribution >= 0.6 is 0 Å². The SMILES string of the molecule is CCOC(=O)CC1CCNC(=O)c2ccoc21. The van der Waals surface area contributed by atoms with Crippen molar-refractivity contribution in [2.75, 3.05) is 13.2 Å². The quantitative estimate of drug-likeness (QED) is 0.808. The molecule has 1 aromatic rings. The lowest BCUT2D eigenvalue weighted by atomic mass is 9.97. The number of carbonyl (C=O) groups is 2. The van der Waals surface area contributed by atoms with Crippen molar-refractivity contribution in [1.29, 1.82) is 0 Å². The van der Waals surface area contributed by atoms with Crippen LogP contribution in [0.25, 0.3) is 0 Å². The van der Waals surface area contributed by atoms with Gasteiger partial charge < -0.3 is 14.5 Å². The van der Waals surface area contributed by atoms with E-state index in [-0.39, 0.29) is 24.2 Å². The molecule has 1 N–H and O–H groups in total. The molecule has 17 heavy (non-hydrogen) atoms. The minimum absolute atomic E-state index is 0.0852. The van der Waals surface area contributed by atoms with E-state index in [0.29, 0.717) is 30.9 Å². The first-order valence-corrected chi connectivity index (χ1v) is 5.73. The Hall–Kier alpha value is -1.78. The van der Waals surface area contributed by atoms with Crippen LogP contribution in [0.1, 0.15) is 41.8 Å². The fourth-order valence-corrected chi connectivity index (χ4v) is 2.03. The predicted octanol–water partition coefficient (Wildman–Crippen LogP) is 1.45. The molecule has 0 spiro atoms. The average molecular weight is 237 g/mol. The highest BCUT2D eigenvalue weighted by Gasteiger charge is 2.28. The van der Waals surface area contributed by atoms with Crippen molar-refractivity contribution < 1.29 is 18.7 Å². The summed E-state index contributed by atoms with van der Waals surface area (Å²) in [4.78, 5) is 23.1. The van der Waals surface area contributed by atoms with Gasteiger partial charge >= 0.3 is 5.97 Å². The highest BCUT2D eigenvalue weighted by Crippen LogP contribution is 2.29. The van der Waals surface area contributed by atoms with Gasteiger partial charge in [0.1, 0.15) is 5.76 Å². The first-order valence-electron chi connectivity index (χ1n) is 5.73. The Balaban J connectivity index is 2.16. The molecule has 92 valence electrons. The van der Waals surface area contributed by atoms with Crippen molar-refractivity contribution in [2.45, 2.75) is 25.7 Å². The van der Waals surface area contributed by atoms with Crippen molar-refractivity contribution in [2.24, 2.45) is 0 Å². The molecule has 5 nitrogen and oxygen atoms in total. The Bertz CT molecular complexity index is 424. The molecular formula is C12H15NO4. The van der Waals surface area contributed by atoms with Crippen molar-refractivity contribution in [3.05, 3.63) is 23.7 Å². The van der Waals surface area contributed by atoms with Crippen molar-refractivity contribution in [3.8, 4) is 0 Å². The van der Waals surface area contributed by atoms with Crippen LogP contribution in [0.2, 0.25) is 0 Å². The van der Waals surface area contributed by atoms with Gasteiger partial charge in [-0.25, -0.2) is 0 Å². The molecule has 2 heterocycles. The summed E-state index contributed by atoms with van der Waals surface area (Å²) in [6, 6.07) is 1.63. The van der Waals surface area contributed by atoms with E-state index in [0.717, 1.165) is 0 Å². The van der Waals surface area contributed by atoms with Crippen LogP contribution in [-0.4, -0.2) is 25.0 Å². The van der Waals surface area contributed by atoms with Gasteiger partial charge in [-0.15, -0.1) is 0 Å². The minimum Gasteiger partial charge on any atom is -0.468 e. The van der Waals surface area contributed by atoms with Gasteiger partial charge in [0.15, 0.2) is 0 Å². The van der Waals surface area contributed by atoms with E-state index in [2.05, 4.69) is 5.32 Å². The topological polar surface area (TPSA) is 68.5 Å². The number of hydrogen-bond donors (Lipinski definition) is 1. The number of fused-ring (bicyclic) bond motifs is 1. The Morgan fingerprint density at radius 1 is 1.65 bits per heavy atom. The van der Waals surface area contributed by atoms with Crippen molar-refractivity contribution >= 4 is 11.9 Å². The fraction of sp³-hybridized carbons (Fsp3) is 0.500. The molecular weight excluding hydrogens is 222 g/mol. The van der Waals surface area contributed by atoms with Gasteiger partial charge in [0.05, 0.1) is 24.9 Å². The second-order valence-electron chi connectivity index (χ2n) is 3.95. The van der Waals surface area contributed by atoms with E-state index in [4.69, 9.17) is 9.15 Å². The Morgan fingerprint density at radius 3 is 3.24 bits per heavy atom. The summed E-state index contributed by atoms with van der Waals surface area (Å²) in [6.07, 6.45) is 2.42. The number of carbonyl (C=O) groups excluding carboxylic acids is 2. The molecule has 0 saturated carbocycles. The van der Waals surface area contributed by atoms with Gasteiger partial charge in [-0.2, -0.15) is 0 Å². The molecule has 0 aromatic carbocycles. The summed E-state index contributed by atoms with van der Waals surface area (Å²) in [7, 11) is 0. The summed E-state index contributed by atoms with van der Waals surface area (Å²) in [5, 5.41) is 2.77. The number of hydrogen-bond acceptors (Lipinski definition) is 4. The number of nitrogens with one attached hydrogen (secondary N) is 1. The monoisotopic (exact) mass is 237 g/mol. The fourth-order valence-electron chi connectivity index (χ4n) is 2.03. The normalized spacial score (nSPS) is 19.1. The number of furan rings is 1. The van der Waals surface area contributed by atoms with Gasteiger partial charge in [-0.05, 0) is 19.4 Å². The minimum atomic E-state index is -0.255. The van der Waals surface area contributed by atoms with E-state index in [1.54, 1.807) is 13.0 Å². The van der Waals surface area contributed by atoms with Crippen LogP contribution in [0.3, 0.4) is 0 Å². The van der Waals surface area contributed by atoms with E-state index in [9.17, 15) is 9.59 Å². The van der Waals surface area contributed by atoms with Gasteiger partial charge in [0.25, 0.3) is 5.91 Å². The van der Waals surface area contributed by atoms with Crippen LogP contribution in [0, 0.1) is 0 Å². The Kier molecular flexibility index (Phi) is 3.46. The van der Waals surface area contributed by atoms with Crippen LogP contribution < -0.4 is 5.32 Å². The van der Waals surface area contributed by atoms with E-state index in [1.165, 1.54) is 6.26 Å². The Morgan fingerprint density at radius 2 is 2.47 bits per heavy atom. The molecule has 2 rings (SSSR count). The third-order valence-corrected chi connectivity index (χ3v) is 2.81. The predicted molar refractivity (Wildman–Crippen MR) is 59.6 cm³/mol. The molecule has 0 saturated heterocycles. The number of rotatable bonds is 3. The standard InChI is InChI=1S/C12H15NO4/c1-2-16-10(14)7-8-3-5-13-12(15)9-4-6-17-11(8)9/h4,6,8H,2-3,5,7H2,1H3,(H,13,15). The van der Waals surface area contributed by atoms with Crippen LogP contribution in [0.15, 0.2) is 16.7 Å². The summed E-state index contributed by atoms with van der Waals surface area (Å²) >= 11 is 0. The van der Waals surface area contributed by atoms with Gasteiger partial charge in [-0.3, -0.25) is 9.59 Å². The summed E-state index contributed by atoms with van der Waals surface area (Å²) in [5.41, 5.74) is 0.525. The zero-order valence-corrected chi connectivity index (χ0v) is 9.69. The van der Waals surface area contributed by atoms with E-state index < -0.39 is 0 Å². The molecule has 1 amide bonds. The highest BCUT2D eigenvalue weighted by atomic mass is 16.5. The number of ether oxygens (including phenoxy) is 1. The summed E-state index contributed by atoms with van der Waals surface area (Å²) in [5.74, 6) is 0.111. The van der Waals surface area contributed by atoms with Crippen LogP contribution in [0.5, 0.6) is 0 Å².